The van der Waals surface area contributed by atoms with Crippen LogP contribution in [0.1, 0.15) is 13.2 Å². The Morgan fingerprint density at radius 2 is 2.13 bits per heavy atom. The van der Waals surface area contributed by atoms with Gasteiger partial charge in [-0.25, -0.2) is 28.6 Å². The molecule has 2 saturated heterocycles. The number of ether oxygens (including phenoxy) is 3. The van der Waals surface area contributed by atoms with Crippen molar-refractivity contribution in [1.29, 1.82) is 0 Å². The molecule has 2 aromatic heterocycles. The highest BCUT2D eigenvalue weighted by Gasteiger charge is 2.50. The molecule has 2 fully saturated rings. The van der Waals surface area contributed by atoms with Crippen LogP contribution in [0.25, 0.3) is 11.2 Å². The number of carbonyl (C=O) groups excluding carboxylic acids is 1. The van der Waals surface area contributed by atoms with E-state index in [1.165, 1.54) is 21.9 Å². The summed E-state index contributed by atoms with van der Waals surface area (Å²) in [7, 11) is -4.17. The molecule has 1 unspecified atom stereocenters. The zero-order valence-electron chi connectivity index (χ0n) is 16.5. The standard InChI is InChI=1S/C16H22FN6O7P/c1-9(24)29-13-10(6-28-31(25,26)22-2-4-27-5-3-22)30-16(11(13)17)23-8-21-12-14(18)19-7-20-15(12)23/h7-8,10-11,13,16H,2-6H2,1H3,(H,25,26)(H2,18,19,20)/t10-,11-,13-,16-/m1/s1. The number of halogens is 1. The maximum atomic E-state index is 15.3. The molecule has 0 saturated carbocycles. The van der Waals surface area contributed by atoms with Crippen molar-refractivity contribution in [2.75, 3.05) is 38.6 Å². The minimum absolute atomic E-state index is 0.111. The second kappa shape index (κ2) is 8.73. The number of fused-ring (bicyclic) bond motifs is 1. The summed E-state index contributed by atoms with van der Waals surface area (Å²) in [6.07, 6.45) is -3.14. The van der Waals surface area contributed by atoms with Crippen LogP contribution in [0.5, 0.6) is 0 Å². The van der Waals surface area contributed by atoms with Crippen molar-refractivity contribution in [2.45, 2.75) is 31.5 Å². The Morgan fingerprint density at radius 1 is 1.39 bits per heavy atom. The topological polar surface area (TPSA) is 164 Å². The van der Waals surface area contributed by atoms with Crippen molar-refractivity contribution < 1.29 is 37.4 Å². The first-order valence-corrected chi connectivity index (χ1v) is 11.0. The van der Waals surface area contributed by atoms with Crippen molar-refractivity contribution in [1.82, 2.24) is 24.2 Å². The number of carbonyl (C=O) groups is 1. The molecule has 13 nitrogen and oxygen atoms in total. The molecule has 5 atom stereocenters. The van der Waals surface area contributed by atoms with Gasteiger partial charge in [0.15, 0.2) is 30.0 Å². The predicted octanol–water partition coefficient (Wildman–Crippen LogP) is 0.0249. The monoisotopic (exact) mass is 460 g/mol. The van der Waals surface area contributed by atoms with Gasteiger partial charge in [-0.3, -0.25) is 13.9 Å². The van der Waals surface area contributed by atoms with Gasteiger partial charge in [0.05, 0.1) is 26.1 Å². The van der Waals surface area contributed by atoms with Gasteiger partial charge in [0.1, 0.15) is 17.9 Å². The number of imidazole rings is 1. The van der Waals surface area contributed by atoms with E-state index in [1.807, 2.05) is 0 Å². The third kappa shape index (κ3) is 4.40. The van der Waals surface area contributed by atoms with Crippen LogP contribution in [0.3, 0.4) is 0 Å². The number of nitrogens with two attached hydrogens (primary N) is 1. The number of morpholine rings is 1. The van der Waals surface area contributed by atoms with E-state index < -0.39 is 44.9 Å². The third-order valence-corrected chi connectivity index (χ3v) is 6.58. The van der Waals surface area contributed by atoms with Crippen molar-refractivity contribution in [3.05, 3.63) is 12.7 Å². The second-order valence-corrected chi connectivity index (χ2v) is 8.82. The highest BCUT2D eigenvalue weighted by atomic mass is 31.2. The number of hydrogen-bond donors (Lipinski definition) is 2. The van der Waals surface area contributed by atoms with E-state index in [9.17, 15) is 14.3 Å². The molecule has 4 heterocycles. The van der Waals surface area contributed by atoms with Crippen molar-refractivity contribution in [3.8, 4) is 0 Å². The lowest BCUT2D eigenvalue weighted by atomic mass is 10.1. The van der Waals surface area contributed by atoms with Crippen molar-refractivity contribution in [3.63, 3.8) is 0 Å². The molecule has 170 valence electrons. The molecule has 2 aromatic rings. The maximum Gasteiger partial charge on any atom is 0.405 e. The number of esters is 1. The van der Waals surface area contributed by atoms with Crippen molar-refractivity contribution in [2.24, 2.45) is 0 Å². The molecule has 3 N–H and O–H groups in total. The molecule has 15 heteroatoms. The van der Waals surface area contributed by atoms with Gasteiger partial charge in [-0.2, -0.15) is 0 Å². The highest BCUT2D eigenvalue weighted by molar-refractivity contribution is 7.50. The number of alkyl halides is 1. The van der Waals surface area contributed by atoms with E-state index in [-0.39, 0.29) is 43.3 Å². The summed E-state index contributed by atoms with van der Waals surface area (Å²) in [5, 5.41) is 0. The Kier molecular flexibility index (Phi) is 6.19. The Balaban J connectivity index is 1.54. The molecular formula is C16H22FN6O7P. The first kappa shape index (κ1) is 22.0. The van der Waals surface area contributed by atoms with Crippen LogP contribution in [-0.2, 0) is 28.1 Å². The smallest absolute Gasteiger partial charge is 0.405 e. The van der Waals surface area contributed by atoms with Crippen LogP contribution < -0.4 is 5.73 Å². The number of rotatable bonds is 6. The average molecular weight is 460 g/mol. The quantitative estimate of drug-likeness (QED) is 0.439. The van der Waals surface area contributed by atoms with E-state index in [4.69, 9.17) is 24.5 Å². The second-order valence-electron chi connectivity index (χ2n) is 7.02. The fourth-order valence-corrected chi connectivity index (χ4v) is 4.67. The SMILES string of the molecule is CC(=O)O[C@H]1[C@@H](F)[C@H](n2cnc3c(N)ncnc32)O[C@@H]1COP(=O)(O)N1CCOCC1. The maximum absolute atomic E-state index is 15.3. The minimum atomic E-state index is -4.17. The molecular weight excluding hydrogens is 438 g/mol. The molecule has 2 aliphatic heterocycles. The zero-order valence-corrected chi connectivity index (χ0v) is 17.4. The van der Waals surface area contributed by atoms with Gasteiger partial charge in [0.25, 0.3) is 0 Å². The first-order valence-electron chi connectivity index (χ1n) is 9.48. The number of nitrogens with zero attached hydrogens (tertiary/aromatic N) is 5. The first-order chi connectivity index (χ1) is 14.8. The summed E-state index contributed by atoms with van der Waals surface area (Å²) in [5.41, 5.74) is 6.25. The van der Waals surface area contributed by atoms with Crippen LogP contribution >= 0.6 is 7.75 Å². The van der Waals surface area contributed by atoms with Crippen LogP contribution in [-0.4, -0.2) is 86.3 Å². The van der Waals surface area contributed by atoms with Crippen molar-refractivity contribution >= 4 is 30.7 Å². The van der Waals surface area contributed by atoms with Crippen LogP contribution in [0.4, 0.5) is 10.2 Å². The van der Waals surface area contributed by atoms with E-state index in [2.05, 4.69) is 15.0 Å². The Labute approximate surface area is 175 Å². The lowest BCUT2D eigenvalue weighted by Gasteiger charge is -2.30. The van der Waals surface area contributed by atoms with E-state index in [0.717, 1.165) is 6.92 Å². The summed E-state index contributed by atoms with van der Waals surface area (Å²) in [4.78, 5) is 33.7. The lowest BCUT2D eigenvalue weighted by Crippen LogP contribution is -2.38. The Hall–Kier alpha value is -2.22. The molecule has 0 aromatic carbocycles. The van der Waals surface area contributed by atoms with Gasteiger partial charge in [-0.15, -0.1) is 0 Å². The zero-order chi connectivity index (χ0) is 22.2. The number of aromatic nitrogens is 4. The average Bonchev–Trinajstić information content (AvgIpc) is 3.30. The molecule has 0 spiro atoms. The summed E-state index contributed by atoms with van der Waals surface area (Å²) in [6, 6.07) is 0. The third-order valence-electron chi connectivity index (χ3n) is 4.98. The fraction of sp³-hybridized carbons (Fsp3) is 0.625. The van der Waals surface area contributed by atoms with Crippen LogP contribution in [0, 0.1) is 0 Å². The fourth-order valence-electron chi connectivity index (χ4n) is 3.50. The molecule has 4 rings (SSSR count). The van der Waals surface area contributed by atoms with Gasteiger partial charge in [-0.05, 0) is 0 Å². The van der Waals surface area contributed by atoms with E-state index in [0.29, 0.717) is 0 Å². The Morgan fingerprint density at radius 3 is 2.84 bits per heavy atom. The normalized spacial score (nSPS) is 29.1. The number of anilines is 1. The lowest BCUT2D eigenvalue weighted by molar-refractivity contribution is -0.152. The summed E-state index contributed by atoms with van der Waals surface area (Å²) < 4.78 is 51.6. The summed E-state index contributed by atoms with van der Waals surface area (Å²) in [6.45, 7) is 1.65. The number of hydrogen-bond acceptors (Lipinski definition) is 10. The van der Waals surface area contributed by atoms with Gasteiger partial charge in [0.2, 0.25) is 0 Å². The molecule has 0 amide bonds. The van der Waals surface area contributed by atoms with Gasteiger partial charge in [0, 0.05) is 20.0 Å². The van der Waals surface area contributed by atoms with Crippen LogP contribution in [0.2, 0.25) is 0 Å². The van der Waals surface area contributed by atoms with Gasteiger partial charge >= 0.3 is 13.7 Å². The minimum Gasteiger partial charge on any atom is -0.456 e. The summed E-state index contributed by atoms with van der Waals surface area (Å²) in [5.74, 6) is -0.621. The number of nitrogen functional groups attached to an aromatic ring is 1. The largest absolute Gasteiger partial charge is 0.456 e. The van der Waals surface area contributed by atoms with E-state index >= 15 is 4.39 Å². The Bertz CT molecular complexity index is 1000. The molecule has 31 heavy (non-hydrogen) atoms. The summed E-state index contributed by atoms with van der Waals surface area (Å²) >= 11 is 0. The molecule has 2 aliphatic rings. The highest BCUT2D eigenvalue weighted by Crippen LogP contribution is 2.47. The molecule has 0 radical (unpaired) electrons. The van der Waals surface area contributed by atoms with E-state index in [1.54, 1.807) is 0 Å². The van der Waals surface area contributed by atoms with Gasteiger partial charge < -0.3 is 24.8 Å². The molecule has 0 bridgehead atoms. The van der Waals surface area contributed by atoms with Crippen LogP contribution in [0.15, 0.2) is 12.7 Å². The van der Waals surface area contributed by atoms with Gasteiger partial charge in [-0.1, -0.05) is 0 Å². The predicted molar refractivity (Wildman–Crippen MR) is 102 cm³/mol. The molecule has 0 aliphatic carbocycles.